The highest BCUT2D eigenvalue weighted by Gasteiger charge is 2.19. The standard InChI is InChI=1S/C22H20N2O3S2/c1-12-5-7-15(8-6-12)18-13(2)29-21-19(18)20(23-14(3)24-21)28-11-16-9-10-17(27-16)22(25)26-4/h5-10H,11H2,1-4H3. The first-order chi connectivity index (χ1) is 14.0. The fourth-order valence-corrected chi connectivity index (χ4v) is 5.29. The van der Waals surface area contributed by atoms with Crippen molar-refractivity contribution in [2.75, 3.05) is 7.11 Å². The van der Waals surface area contributed by atoms with Crippen LogP contribution in [0.1, 0.15) is 32.6 Å². The van der Waals surface area contributed by atoms with Crippen LogP contribution in [0.4, 0.5) is 0 Å². The first-order valence-electron chi connectivity index (χ1n) is 9.11. The Labute approximate surface area is 177 Å². The zero-order valence-corrected chi connectivity index (χ0v) is 18.2. The van der Waals surface area contributed by atoms with E-state index in [4.69, 9.17) is 14.1 Å². The minimum Gasteiger partial charge on any atom is -0.463 e. The molecule has 0 aliphatic rings. The van der Waals surface area contributed by atoms with Crippen LogP contribution >= 0.6 is 23.1 Å². The maximum Gasteiger partial charge on any atom is 0.373 e. The third kappa shape index (κ3) is 3.93. The molecule has 3 aromatic heterocycles. The van der Waals surface area contributed by atoms with E-state index in [1.807, 2.05) is 6.92 Å². The van der Waals surface area contributed by atoms with Gasteiger partial charge < -0.3 is 9.15 Å². The second-order valence-electron chi connectivity index (χ2n) is 6.70. The number of fused-ring (bicyclic) bond motifs is 1. The predicted molar refractivity (Wildman–Crippen MR) is 117 cm³/mol. The molecule has 0 radical (unpaired) electrons. The zero-order valence-electron chi connectivity index (χ0n) is 16.6. The lowest BCUT2D eigenvalue weighted by Gasteiger charge is -2.07. The van der Waals surface area contributed by atoms with Crippen LogP contribution in [0.5, 0.6) is 0 Å². The number of furan rings is 1. The minimum absolute atomic E-state index is 0.207. The van der Waals surface area contributed by atoms with Gasteiger partial charge in [-0.1, -0.05) is 41.6 Å². The van der Waals surface area contributed by atoms with Crippen molar-refractivity contribution in [2.45, 2.75) is 31.6 Å². The van der Waals surface area contributed by atoms with E-state index in [1.165, 1.54) is 28.7 Å². The number of aromatic nitrogens is 2. The summed E-state index contributed by atoms with van der Waals surface area (Å²) in [4.78, 5) is 23.2. The van der Waals surface area contributed by atoms with E-state index in [2.05, 4.69) is 43.1 Å². The molecule has 0 fully saturated rings. The molecule has 0 N–H and O–H groups in total. The van der Waals surface area contributed by atoms with E-state index in [9.17, 15) is 4.79 Å². The quantitative estimate of drug-likeness (QED) is 0.224. The Balaban J connectivity index is 1.73. The second kappa shape index (κ2) is 8.00. The Hall–Kier alpha value is -2.64. The van der Waals surface area contributed by atoms with Gasteiger partial charge in [0.25, 0.3) is 0 Å². The molecule has 0 bridgehead atoms. The molecular weight excluding hydrogens is 404 g/mol. The summed E-state index contributed by atoms with van der Waals surface area (Å²) in [6, 6.07) is 12.0. The van der Waals surface area contributed by atoms with Gasteiger partial charge in [-0.25, -0.2) is 14.8 Å². The number of rotatable bonds is 5. The van der Waals surface area contributed by atoms with E-state index in [0.29, 0.717) is 11.5 Å². The van der Waals surface area contributed by atoms with Crippen LogP contribution in [0.2, 0.25) is 0 Å². The molecule has 4 aromatic rings. The van der Waals surface area contributed by atoms with Crippen LogP contribution in [0.3, 0.4) is 0 Å². The summed E-state index contributed by atoms with van der Waals surface area (Å²) < 4.78 is 10.3. The van der Waals surface area contributed by atoms with Crippen molar-refractivity contribution >= 4 is 39.3 Å². The molecule has 0 atom stereocenters. The van der Waals surface area contributed by atoms with Crippen LogP contribution in [0, 0.1) is 20.8 Å². The second-order valence-corrected chi connectivity index (χ2v) is 8.87. The summed E-state index contributed by atoms with van der Waals surface area (Å²) in [6.45, 7) is 6.12. The van der Waals surface area contributed by atoms with Gasteiger partial charge in [-0.2, -0.15) is 0 Å². The van der Waals surface area contributed by atoms with Gasteiger partial charge in [0.15, 0.2) is 0 Å². The first-order valence-corrected chi connectivity index (χ1v) is 10.9. The number of hydrogen-bond donors (Lipinski definition) is 0. The number of methoxy groups -OCH3 is 1. The number of thioether (sulfide) groups is 1. The molecule has 7 heteroatoms. The van der Waals surface area contributed by atoms with Gasteiger partial charge in [-0.3, -0.25) is 0 Å². The molecule has 4 rings (SSSR count). The molecule has 0 aliphatic heterocycles. The maximum absolute atomic E-state index is 11.6. The first kappa shape index (κ1) is 19.7. The van der Waals surface area contributed by atoms with Gasteiger partial charge in [-0.05, 0) is 38.5 Å². The van der Waals surface area contributed by atoms with E-state index in [-0.39, 0.29) is 5.76 Å². The fourth-order valence-electron chi connectivity index (χ4n) is 3.16. The third-order valence-corrected chi connectivity index (χ3v) is 6.54. The third-order valence-electron chi connectivity index (χ3n) is 4.55. The fraction of sp³-hybridized carbons (Fsp3) is 0.227. The number of ether oxygens (including phenoxy) is 1. The lowest BCUT2D eigenvalue weighted by molar-refractivity contribution is 0.0563. The van der Waals surface area contributed by atoms with Crippen LogP contribution in [0.15, 0.2) is 45.8 Å². The number of nitrogens with zero attached hydrogens (tertiary/aromatic N) is 2. The highest BCUT2D eigenvalue weighted by atomic mass is 32.2. The number of thiophene rings is 1. The Kier molecular flexibility index (Phi) is 5.43. The normalized spacial score (nSPS) is 11.2. The highest BCUT2D eigenvalue weighted by molar-refractivity contribution is 7.98. The Bertz CT molecular complexity index is 1190. The van der Waals surface area contributed by atoms with E-state index in [1.54, 1.807) is 35.2 Å². The van der Waals surface area contributed by atoms with Crippen LogP contribution < -0.4 is 0 Å². The van der Waals surface area contributed by atoms with Gasteiger partial charge in [0.2, 0.25) is 5.76 Å². The van der Waals surface area contributed by atoms with E-state index in [0.717, 1.165) is 21.1 Å². The summed E-state index contributed by atoms with van der Waals surface area (Å²) in [7, 11) is 1.34. The number of carbonyl (C=O) groups excluding carboxylic acids is 1. The molecule has 0 aliphatic carbocycles. The Morgan fingerprint density at radius 1 is 1.10 bits per heavy atom. The van der Waals surface area contributed by atoms with Gasteiger partial charge in [-0.15, -0.1) is 11.3 Å². The molecule has 1 aromatic carbocycles. The summed E-state index contributed by atoms with van der Waals surface area (Å²) in [6.07, 6.45) is 0. The van der Waals surface area contributed by atoms with Crippen molar-refractivity contribution in [1.29, 1.82) is 0 Å². The summed E-state index contributed by atoms with van der Waals surface area (Å²) >= 11 is 3.27. The largest absolute Gasteiger partial charge is 0.463 e. The summed E-state index contributed by atoms with van der Waals surface area (Å²) in [5.74, 6) is 1.73. The number of hydrogen-bond acceptors (Lipinski definition) is 7. The van der Waals surface area contributed by atoms with Crippen LogP contribution in [0.25, 0.3) is 21.3 Å². The van der Waals surface area contributed by atoms with Crippen molar-refractivity contribution in [3.8, 4) is 11.1 Å². The number of esters is 1. The average Bonchev–Trinajstić information content (AvgIpc) is 3.30. The lowest BCUT2D eigenvalue weighted by Crippen LogP contribution is -1.98. The molecule has 3 heterocycles. The van der Waals surface area contributed by atoms with Crippen molar-refractivity contribution in [3.63, 3.8) is 0 Å². The lowest BCUT2D eigenvalue weighted by atomic mass is 10.0. The SMILES string of the molecule is COC(=O)c1ccc(CSc2nc(C)nc3sc(C)c(-c4ccc(C)cc4)c23)o1. The number of carbonyl (C=O) groups is 1. The predicted octanol–water partition coefficient (Wildman–Crippen LogP) is 5.96. The smallest absolute Gasteiger partial charge is 0.373 e. The van der Waals surface area contributed by atoms with Gasteiger partial charge in [0.05, 0.1) is 18.2 Å². The average molecular weight is 425 g/mol. The number of aryl methyl sites for hydroxylation is 3. The van der Waals surface area contributed by atoms with Crippen molar-refractivity contribution < 1.29 is 13.9 Å². The summed E-state index contributed by atoms with van der Waals surface area (Å²) in [5.41, 5.74) is 3.58. The molecule has 5 nitrogen and oxygen atoms in total. The van der Waals surface area contributed by atoms with Crippen molar-refractivity contribution in [1.82, 2.24) is 9.97 Å². The van der Waals surface area contributed by atoms with E-state index < -0.39 is 5.97 Å². The molecule has 0 spiro atoms. The molecular formula is C22H20N2O3S2. The van der Waals surface area contributed by atoms with Gasteiger partial charge in [0, 0.05) is 10.4 Å². The van der Waals surface area contributed by atoms with Crippen molar-refractivity contribution in [3.05, 3.63) is 64.2 Å². The van der Waals surface area contributed by atoms with Gasteiger partial charge in [0.1, 0.15) is 21.4 Å². The number of benzene rings is 1. The maximum atomic E-state index is 11.6. The molecule has 0 unspecified atom stereocenters. The molecule has 0 saturated carbocycles. The monoisotopic (exact) mass is 424 g/mol. The summed E-state index contributed by atoms with van der Waals surface area (Å²) in [5, 5.41) is 2.00. The van der Waals surface area contributed by atoms with Crippen LogP contribution in [-0.4, -0.2) is 23.0 Å². The molecule has 29 heavy (non-hydrogen) atoms. The molecule has 148 valence electrons. The van der Waals surface area contributed by atoms with Crippen molar-refractivity contribution in [2.24, 2.45) is 0 Å². The van der Waals surface area contributed by atoms with E-state index >= 15 is 0 Å². The topological polar surface area (TPSA) is 65.2 Å². The highest BCUT2D eigenvalue weighted by Crippen LogP contribution is 2.42. The zero-order chi connectivity index (χ0) is 20.5. The van der Waals surface area contributed by atoms with Gasteiger partial charge >= 0.3 is 5.97 Å². The minimum atomic E-state index is -0.475. The Morgan fingerprint density at radius 3 is 2.59 bits per heavy atom. The Morgan fingerprint density at radius 2 is 1.86 bits per heavy atom. The molecule has 0 amide bonds. The molecule has 0 saturated heterocycles. The van der Waals surface area contributed by atoms with Crippen LogP contribution in [-0.2, 0) is 10.5 Å².